The molecule has 1 aromatic rings. The Labute approximate surface area is 187 Å². The summed E-state index contributed by atoms with van der Waals surface area (Å²) < 4.78 is 0.794. The lowest BCUT2D eigenvalue weighted by molar-refractivity contribution is -0.133. The summed E-state index contributed by atoms with van der Waals surface area (Å²) >= 11 is 3.44. The Morgan fingerprint density at radius 1 is 1.00 bits per heavy atom. The van der Waals surface area contributed by atoms with Gasteiger partial charge in [-0.05, 0) is 55.7 Å². The van der Waals surface area contributed by atoms with E-state index in [9.17, 15) is 14.4 Å². The summed E-state index contributed by atoms with van der Waals surface area (Å²) in [7, 11) is 0. The van der Waals surface area contributed by atoms with Crippen LogP contribution in [-0.4, -0.2) is 53.7 Å². The van der Waals surface area contributed by atoms with Gasteiger partial charge in [0.05, 0.1) is 11.3 Å². The largest absolute Gasteiger partial charge is 0.343 e. The van der Waals surface area contributed by atoms with Crippen molar-refractivity contribution < 1.29 is 14.4 Å². The highest BCUT2D eigenvalue weighted by Crippen LogP contribution is 2.27. The quantitative estimate of drug-likeness (QED) is 0.686. The molecule has 0 unspecified atom stereocenters. The smallest absolute Gasteiger partial charge is 0.256 e. The molecule has 2 fully saturated rings. The molecule has 30 heavy (non-hydrogen) atoms. The van der Waals surface area contributed by atoms with E-state index in [1.807, 2.05) is 15.9 Å². The van der Waals surface area contributed by atoms with Gasteiger partial charge in [0.1, 0.15) is 0 Å². The van der Waals surface area contributed by atoms with Gasteiger partial charge in [0.25, 0.3) is 5.91 Å². The average Bonchev–Trinajstić information content (AvgIpc) is 2.72. The highest BCUT2D eigenvalue weighted by atomic mass is 79.9. The molecule has 2 aliphatic heterocycles. The van der Waals surface area contributed by atoms with E-state index < -0.39 is 0 Å². The zero-order valence-corrected chi connectivity index (χ0v) is 19.5. The van der Waals surface area contributed by atoms with Crippen molar-refractivity contribution in [3.8, 4) is 0 Å². The summed E-state index contributed by atoms with van der Waals surface area (Å²) in [5.74, 6) is 0.659. The maximum atomic E-state index is 13.2. The van der Waals surface area contributed by atoms with E-state index in [0.717, 1.165) is 49.9 Å². The van der Waals surface area contributed by atoms with Gasteiger partial charge in [0.15, 0.2) is 0 Å². The molecule has 6 nitrogen and oxygen atoms in total. The van der Waals surface area contributed by atoms with E-state index in [0.29, 0.717) is 23.1 Å². The van der Waals surface area contributed by atoms with Crippen molar-refractivity contribution in [2.75, 3.05) is 31.5 Å². The van der Waals surface area contributed by atoms with E-state index in [1.54, 1.807) is 12.1 Å². The zero-order valence-electron chi connectivity index (χ0n) is 18.0. The first kappa shape index (κ1) is 22.8. The molecule has 3 rings (SSSR count). The van der Waals surface area contributed by atoms with Crippen molar-refractivity contribution in [3.05, 3.63) is 28.2 Å². The van der Waals surface area contributed by atoms with Crippen LogP contribution in [0.15, 0.2) is 22.7 Å². The van der Waals surface area contributed by atoms with Crippen LogP contribution >= 0.6 is 15.9 Å². The average molecular weight is 478 g/mol. The molecule has 0 spiro atoms. The lowest BCUT2D eigenvalue weighted by Crippen LogP contribution is -2.42. The number of amides is 3. The van der Waals surface area contributed by atoms with E-state index in [1.165, 1.54) is 6.42 Å². The van der Waals surface area contributed by atoms with Gasteiger partial charge in [-0.1, -0.05) is 29.8 Å². The van der Waals surface area contributed by atoms with Crippen LogP contribution in [0.4, 0.5) is 5.69 Å². The van der Waals surface area contributed by atoms with E-state index in [4.69, 9.17) is 0 Å². The van der Waals surface area contributed by atoms with Gasteiger partial charge < -0.3 is 15.1 Å². The van der Waals surface area contributed by atoms with Crippen molar-refractivity contribution >= 4 is 39.3 Å². The maximum Gasteiger partial charge on any atom is 0.256 e. The number of halogens is 1. The van der Waals surface area contributed by atoms with Crippen LogP contribution in [0.2, 0.25) is 0 Å². The molecule has 164 valence electrons. The fraction of sp³-hybridized carbons (Fsp3) is 0.609. The Morgan fingerprint density at radius 3 is 2.33 bits per heavy atom. The first-order valence-corrected chi connectivity index (χ1v) is 11.8. The first-order valence-electron chi connectivity index (χ1n) is 11.0. The summed E-state index contributed by atoms with van der Waals surface area (Å²) in [5, 5.41) is 2.86. The van der Waals surface area contributed by atoms with Gasteiger partial charge in [-0.2, -0.15) is 0 Å². The zero-order chi connectivity index (χ0) is 21.7. The summed E-state index contributed by atoms with van der Waals surface area (Å²) in [6, 6.07) is 5.33. The highest BCUT2D eigenvalue weighted by molar-refractivity contribution is 9.10. The number of likely N-dealkylation sites (tertiary alicyclic amines) is 2. The SMILES string of the molecule is C[C@@H]1C[C@H](C)CN(C(=O)c2cc(Br)ccc2NC(=O)CCC(=O)N2CCCCC2)C1. The fourth-order valence-corrected chi connectivity index (χ4v) is 4.90. The topological polar surface area (TPSA) is 69.7 Å². The molecule has 2 atom stereocenters. The minimum absolute atomic E-state index is 0.0354. The predicted octanol–water partition coefficient (Wildman–Crippen LogP) is 4.30. The molecular weight excluding hydrogens is 446 g/mol. The summed E-state index contributed by atoms with van der Waals surface area (Å²) in [6.07, 6.45) is 4.69. The third kappa shape index (κ3) is 6.06. The Balaban J connectivity index is 1.63. The van der Waals surface area contributed by atoms with Crippen LogP contribution in [0.5, 0.6) is 0 Å². The molecule has 0 saturated carbocycles. The molecule has 2 aliphatic rings. The number of nitrogens with zero attached hydrogens (tertiary/aromatic N) is 2. The molecule has 7 heteroatoms. The van der Waals surface area contributed by atoms with E-state index in [-0.39, 0.29) is 30.6 Å². The van der Waals surface area contributed by atoms with Gasteiger partial charge in [0.2, 0.25) is 11.8 Å². The molecule has 0 aromatic heterocycles. The molecule has 0 aliphatic carbocycles. The third-order valence-electron chi connectivity index (χ3n) is 5.92. The lowest BCUT2D eigenvalue weighted by atomic mass is 9.91. The van der Waals surface area contributed by atoms with Crippen molar-refractivity contribution in [1.82, 2.24) is 9.80 Å². The van der Waals surface area contributed by atoms with Crippen LogP contribution in [0, 0.1) is 11.8 Å². The number of anilines is 1. The van der Waals surface area contributed by atoms with Gasteiger partial charge >= 0.3 is 0 Å². The van der Waals surface area contributed by atoms with Crippen LogP contribution < -0.4 is 5.32 Å². The molecule has 1 N–H and O–H groups in total. The number of hydrogen-bond donors (Lipinski definition) is 1. The lowest BCUT2D eigenvalue weighted by Gasteiger charge is -2.35. The van der Waals surface area contributed by atoms with Crippen LogP contribution in [0.25, 0.3) is 0 Å². The van der Waals surface area contributed by atoms with Crippen molar-refractivity contribution in [2.24, 2.45) is 11.8 Å². The Morgan fingerprint density at radius 2 is 1.67 bits per heavy atom. The molecule has 0 bridgehead atoms. The number of nitrogens with one attached hydrogen (secondary N) is 1. The number of benzene rings is 1. The number of piperidine rings is 2. The minimum atomic E-state index is -0.239. The third-order valence-corrected chi connectivity index (χ3v) is 6.41. The van der Waals surface area contributed by atoms with Gasteiger partial charge in [-0.15, -0.1) is 0 Å². The number of carbonyl (C=O) groups is 3. The van der Waals surface area contributed by atoms with Gasteiger partial charge in [-0.3, -0.25) is 14.4 Å². The predicted molar refractivity (Wildman–Crippen MR) is 121 cm³/mol. The Bertz CT molecular complexity index is 782. The Hall–Kier alpha value is -1.89. The molecule has 1 aromatic carbocycles. The van der Waals surface area contributed by atoms with E-state index in [2.05, 4.69) is 35.1 Å². The Kier molecular flexibility index (Phi) is 7.92. The molecule has 0 radical (unpaired) electrons. The fourth-order valence-electron chi connectivity index (χ4n) is 4.54. The highest BCUT2D eigenvalue weighted by Gasteiger charge is 2.28. The second-order valence-corrected chi connectivity index (χ2v) is 9.75. The molecule has 2 saturated heterocycles. The maximum absolute atomic E-state index is 13.2. The van der Waals surface area contributed by atoms with Crippen molar-refractivity contribution in [2.45, 2.75) is 52.4 Å². The van der Waals surface area contributed by atoms with Crippen LogP contribution in [-0.2, 0) is 9.59 Å². The molecule has 2 heterocycles. The summed E-state index contributed by atoms with van der Waals surface area (Å²) in [4.78, 5) is 41.8. The van der Waals surface area contributed by atoms with Crippen LogP contribution in [0.1, 0.15) is 62.7 Å². The van der Waals surface area contributed by atoms with Crippen molar-refractivity contribution in [1.29, 1.82) is 0 Å². The second-order valence-electron chi connectivity index (χ2n) is 8.84. The number of rotatable bonds is 5. The first-order chi connectivity index (χ1) is 14.3. The summed E-state index contributed by atoms with van der Waals surface area (Å²) in [6.45, 7) is 7.37. The monoisotopic (exact) mass is 477 g/mol. The van der Waals surface area contributed by atoms with Crippen LogP contribution in [0.3, 0.4) is 0 Å². The van der Waals surface area contributed by atoms with Gasteiger partial charge in [-0.25, -0.2) is 0 Å². The summed E-state index contributed by atoms with van der Waals surface area (Å²) in [5.41, 5.74) is 0.992. The van der Waals surface area contributed by atoms with Gasteiger partial charge in [0, 0.05) is 43.5 Å². The normalized spacial score (nSPS) is 22.0. The number of carbonyl (C=O) groups excluding carboxylic acids is 3. The molecule has 3 amide bonds. The number of hydrogen-bond acceptors (Lipinski definition) is 3. The molecular formula is C23H32BrN3O3. The van der Waals surface area contributed by atoms with Crippen molar-refractivity contribution in [3.63, 3.8) is 0 Å². The standard InChI is InChI=1S/C23H32BrN3O3/c1-16-12-17(2)15-27(14-16)23(30)19-13-18(24)6-7-20(19)25-21(28)8-9-22(29)26-10-4-3-5-11-26/h6-7,13,16-17H,3-5,8-12,14-15H2,1-2H3,(H,25,28)/t16-,17+. The van der Waals surface area contributed by atoms with E-state index >= 15 is 0 Å². The minimum Gasteiger partial charge on any atom is -0.343 e. The second kappa shape index (κ2) is 10.4.